The van der Waals surface area contributed by atoms with Crippen molar-refractivity contribution in [3.8, 4) is 5.75 Å². The van der Waals surface area contributed by atoms with Crippen molar-refractivity contribution in [3.05, 3.63) is 65.2 Å². The van der Waals surface area contributed by atoms with Crippen LogP contribution in [-0.4, -0.2) is 48.4 Å². The van der Waals surface area contributed by atoms with Crippen molar-refractivity contribution in [2.24, 2.45) is 11.8 Å². The van der Waals surface area contributed by atoms with Crippen molar-refractivity contribution in [1.29, 1.82) is 0 Å². The number of hydrogen-bond donors (Lipinski definition) is 0. The van der Waals surface area contributed by atoms with E-state index in [1.165, 1.54) is 38.3 Å². The molecule has 0 aromatic heterocycles. The second kappa shape index (κ2) is 7.46. The summed E-state index contributed by atoms with van der Waals surface area (Å²) in [6.45, 7) is 2.82. The molecule has 0 N–H and O–H groups in total. The van der Waals surface area contributed by atoms with E-state index in [4.69, 9.17) is 4.74 Å². The predicted molar refractivity (Wildman–Crippen MR) is 102 cm³/mol. The fourth-order valence-corrected chi connectivity index (χ4v) is 4.62. The maximum atomic E-state index is 14.4. The Morgan fingerprint density at radius 3 is 2.52 bits per heavy atom. The molecule has 0 unspecified atom stereocenters. The number of carbonyl (C=O) groups is 2. The van der Waals surface area contributed by atoms with Gasteiger partial charge in [0.1, 0.15) is 17.4 Å². The van der Waals surface area contributed by atoms with Crippen LogP contribution in [0.15, 0.2) is 42.5 Å². The third kappa shape index (κ3) is 3.45. The Hall–Kier alpha value is -2.96. The number of likely N-dealkylation sites (tertiary alicyclic amines) is 2. The van der Waals surface area contributed by atoms with Gasteiger partial charge in [0.25, 0.3) is 5.91 Å². The van der Waals surface area contributed by atoms with Crippen LogP contribution in [0, 0.1) is 23.5 Å². The summed E-state index contributed by atoms with van der Waals surface area (Å²) in [6.07, 6.45) is 0. The first-order valence-corrected chi connectivity index (χ1v) is 9.54. The number of rotatable bonds is 3. The van der Waals surface area contributed by atoms with Gasteiger partial charge in [0.05, 0.1) is 18.7 Å². The third-order valence-corrected chi connectivity index (χ3v) is 5.95. The molecule has 0 radical (unpaired) electrons. The molecule has 3 atom stereocenters. The van der Waals surface area contributed by atoms with E-state index in [2.05, 4.69) is 0 Å². The van der Waals surface area contributed by atoms with Crippen LogP contribution >= 0.6 is 0 Å². The Morgan fingerprint density at radius 2 is 1.86 bits per heavy atom. The van der Waals surface area contributed by atoms with Crippen LogP contribution in [0.2, 0.25) is 0 Å². The van der Waals surface area contributed by atoms with Crippen molar-refractivity contribution in [2.75, 3.05) is 26.7 Å². The van der Waals surface area contributed by atoms with Crippen LogP contribution in [0.25, 0.3) is 0 Å². The van der Waals surface area contributed by atoms with E-state index in [0.29, 0.717) is 25.4 Å². The van der Waals surface area contributed by atoms with Crippen LogP contribution in [0.4, 0.5) is 8.78 Å². The minimum atomic E-state index is -0.626. The maximum Gasteiger partial charge on any atom is 0.256 e. The first kappa shape index (κ1) is 19.4. The number of nitrogens with zero attached hydrogens (tertiary/aromatic N) is 2. The van der Waals surface area contributed by atoms with Gasteiger partial charge in [-0.25, -0.2) is 8.78 Å². The van der Waals surface area contributed by atoms with Crippen LogP contribution in [0.5, 0.6) is 5.75 Å². The highest BCUT2D eigenvalue weighted by Gasteiger charge is 2.49. The fourth-order valence-electron chi connectivity index (χ4n) is 4.62. The summed E-state index contributed by atoms with van der Waals surface area (Å²) in [6, 6.07) is 10.1. The van der Waals surface area contributed by atoms with Gasteiger partial charge >= 0.3 is 0 Å². The first-order chi connectivity index (χ1) is 13.9. The van der Waals surface area contributed by atoms with E-state index in [0.717, 1.165) is 5.56 Å². The second-order valence-corrected chi connectivity index (χ2v) is 7.65. The highest BCUT2D eigenvalue weighted by Crippen LogP contribution is 2.45. The first-order valence-electron chi connectivity index (χ1n) is 9.54. The molecule has 7 heteroatoms. The molecule has 0 saturated carbocycles. The molecule has 2 heterocycles. The van der Waals surface area contributed by atoms with Gasteiger partial charge in [0.2, 0.25) is 5.91 Å². The molecule has 2 aromatic carbocycles. The fraction of sp³-hybridized carbons (Fsp3) is 0.364. The lowest BCUT2D eigenvalue weighted by atomic mass is 9.89. The van der Waals surface area contributed by atoms with Gasteiger partial charge in [0, 0.05) is 44.5 Å². The summed E-state index contributed by atoms with van der Waals surface area (Å²) in [5.74, 6) is -1.05. The zero-order chi connectivity index (χ0) is 20.7. The summed E-state index contributed by atoms with van der Waals surface area (Å²) in [5, 5.41) is 0. The third-order valence-electron chi connectivity index (χ3n) is 5.95. The zero-order valence-corrected chi connectivity index (χ0v) is 16.3. The van der Waals surface area contributed by atoms with Crippen LogP contribution in [0.3, 0.4) is 0 Å². The molecule has 152 valence electrons. The smallest absolute Gasteiger partial charge is 0.256 e. The second-order valence-electron chi connectivity index (χ2n) is 7.65. The topological polar surface area (TPSA) is 49.9 Å². The molecular formula is C22H22F2N2O3. The SMILES string of the molecule is COc1ccc(C(=O)N2C[C@@H]3CN(C(C)=O)[C@H](c4cccc(F)c4)[C@@H]3C2)c(F)c1. The number of hydrogen-bond acceptors (Lipinski definition) is 3. The highest BCUT2D eigenvalue weighted by atomic mass is 19.1. The van der Waals surface area contributed by atoms with Gasteiger partial charge in [-0.3, -0.25) is 9.59 Å². The molecule has 2 fully saturated rings. The van der Waals surface area contributed by atoms with Gasteiger partial charge in [-0.1, -0.05) is 12.1 Å². The van der Waals surface area contributed by atoms with Crippen LogP contribution in [-0.2, 0) is 4.79 Å². The Balaban J connectivity index is 1.59. The Bertz CT molecular complexity index is 965. The largest absolute Gasteiger partial charge is 0.497 e. The predicted octanol–water partition coefficient (Wildman–Crippen LogP) is 3.27. The molecule has 0 spiro atoms. The highest BCUT2D eigenvalue weighted by molar-refractivity contribution is 5.95. The molecule has 0 aliphatic carbocycles. The Morgan fingerprint density at radius 1 is 1.07 bits per heavy atom. The molecule has 2 saturated heterocycles. The van der Waals surface area contributed by atoms with Crippen molar-refractivity contribution in [2.45, 2.75) is 13.0 Å². The summed E-state index contributed by atoms with van der Waals surface area (Å²) < 4.78 is 33.2. The number of ether oxygens (including phenoxy) is 1. The van der Waals surface area contributed by atoms with E-state index in [-0.39, 0.29) is 41.1 Å². The summed E-state index contributed by atoms with van der Waals surface area (Å²) in [4.78, 5) is 28.5. The molecule has 2 aliphatic heterocycles. The number of carbonyl (C=O) groups excluding carboxylic acids is 2. The van der Waals surface area contributed by atoms with Crippen molar-refractivity contribution in [1.82, 2.24) is 9.80 Å². The molecule has 2 aromatic rings. The standard InChI is InChI=1S/C22H22F2N2O3/c1-13(27)26-11-15-10-25(22(28)18-7-6-17(29-2)9-20(18)24)12-19(15)21(26)14-4-3-5-16(23)8-14/h3-9,15,19,21H,10-12H2,1-2H3/t15-,19-,21-/m1/s1. The van der Waals surface area contributed by atoms with E-state index < -0.39 is 5.82 Å². The Labute approximate surface area is 167 Å². The minimum absolute atomic E-state index is 0.00324. The van der Waals surface area contributed by atoms with Crippen molar-refractivity contribution >= 4 is 11.8 Å². The molecule has 5 nitrogen and oxygen atoms in total. The molecular weight excluding hydrogens is 378 g/mol. The van der Waals surface area contributed by atoms with E-state index >= 15 is 0 Å². The van der Waals surface area contributed by atoms with E-state index in [1.54, 1.807) is 28.0 Å². The number of benzene rings is 2. The van der Waals surface area contributed by atoms with E-state index in [9.17, 15) is 18.4 Å². The summed E-state index contributed by atoms with van der Waals surface area (Å²) >= 11 is 0. The average Bonchev–Trinajstić information content (AvgIpc) is 3.25. The normalized spacial score (nSPS) is 23.2. The van der Waals surface area contributed by atoms with Gasteiger partial charge in [-0.2, -0.15) is 0 Å². The van der Waals surface area contributed by atoms with Gasteiger partial charge < -0.3 is 14.5 Å². The van der Waals surface area contributed by atoms with Gasteiger partial charge in [-0.15, -0.1) is 0 Å². The van der Waals surface area contributed by atoms with Crippen molar-refractivity contribution < 1.29 is 23.1 Å². The molecule has 2 amide bonds. The van der Waals surface area contributed by atoms with Gasteiger partial charge in [-0.05, 0) is 29.8 Å². The molecule has 2 aliphatic rings. The minimum Gasteiger partial charge on any atom is -0.497 e. The lowest BCUT2D eigenvalue weighted by Crippen LogP contribution is -2.36. The summed E-state index contributed by atoms with van der Waals surface area (Å²) in [7, 11) is 1.44. The van der Waals surface area contributed by atoms with E-state index in [1.807, 2.05) is 0 Å². The number of halogens is 2. The maximum absolute atomic E-state index is 14.4. The quantitative estimate of drug-likeness (QED) is 0.795. The monoisotopic (exact) mass is 400 g/mol. The molecule has 29 heavy (non-hydrogen) atoms. The van der Waals surface area contributed by atoms with Crippen LogP contribution in [0.1, 0.15) is 28.9 Å². The van der Waals surface area contributed by atoms with Crippen molar-refractivity contribution in [3.63, 3.8) is 0 Å². The zero-order valence-electron chi connectivity index (χ0n) is 16.3. The lowest BCUT2D eigenvalue weighted by Gasteiger charge is -2.29. The average molecular weight is 400 g/mol. The summed E-state index contributed by atoms with van der Waals surface area (Å²) in [5.41, 5.74) is 0.717. The molecule has 0 bridgehead atoms. The number of fused-ring (bicyclic) bond motifs is 1. The molecule has 4 rings (SSSR count). The lowest BCUT2D eigenvalue weighted by molar-refractivity contribution is -0.130. The number of amides is 2. The Kier molecular flexibility index (Phi) is 4.98. The number of methoxy groups -OCH3 is 1. The van der Waals surface area contributed by atoms with Gasteiger partial charge in [0.15, 0.2) is 0 Å². The van der Waals surface area contributed by atoms with Crippen LogP contribution < -0.4 is 4.74 Å².